The van der Waals surface area contributed by atoms with Crippen LogP contribution in [0.3, 0.4) is 0 Å². The molecule has 0 aliphatic heterocycles. The van der Waals surface area contributed by atoms with Crippen LogP contribution in [0.2, 0.25) is 0 Å². The number of aromatic nitrogens is 2. The van der Waals surface area contributed by atoms with Gasteiger partial charge in [-0.2, -0.15) is 5.10 Å². The van der Waals surface area contributed by atoms with Crippen LogP contribution in [-0.2, 0) is 0 Å². The molecule has 0 unspecified atom stereocenters. The van der Waals surface area contributed by atoms with Gasteiger partial charge in [0.25, 0.3) is 0 Å². The lowest BCUT2D eigenvalue weighted by Crippen LogP contribution is -2.10. The fourth-order valence-corrected chi connectivity index (χ4v) is 1.07. The Labute approximate surface area is 68.6 Å². The molecule has 2 N–H and O–H groups in total. The van der Waals surface area contributed by atoms with Gasteiger partial charge in [0, 0.05) is 18.0 Å². The number of fused-ring (bicyclic) bond motifs is 1. The van der Waals surface area contributed by atoms with Crippen LogP contribution in [0.25, 0.3) is 5.52 Å². The van der Waals surface area contributed by atoms with Crippen molar-refractivity contribution in [1.82, 2.24) is 9.61 Å². The Morgan fingerprint density at radius 2 is 2.33 bits per heavy atom. The van der Waals surface area contributed by atoms with Gasteiger partial charge in [-0.05, 0) is 18.2 Å². The summed E-state index contributed by atoms with van der Waals surface area (Å²) >= 11 is 0. The zero-order valence-electron chi connectivity index (χ0n) is 6.27. The maximum Gasteiger partial charge on any atom is 0.248 e. The molecular formula is C8H7N3O. The maximum absolute atomic E-state index is 10.8. The Hall–Kier alpha value is -1.84. The maximum atomic E-state index is 10.8. The highest BCUT2D eigenvalue weighted by atomic mass is 16.1. The minimum absolute atomic E-state index is 0.418. The third-order valence-electron chi connectivity index (χ3n) is 1.68. The van der Waals surface area contributed by atoms with E-state index in [1.807, 2.05) is 6.07 Å². The van der Waals surface area contributed by atoms with Crippen molar-refractivity contribution in [3.05, 3.63) is 36.2 Å². The Bertz CT molecular complexity index is 433. The largest absolute Gasteiger partial charge is 0.366 e. The number of nitrogens with two attached hydrogens (primary N) is 1. The molecule has 0 spiro atoms. The average molecular weight is 161 g/mol. The van der Waals surface area contributed by atoms with Gasteiger partial charge in [0.1, 0.15) is 0 Å². The van der Waals surface area contributed by atoms with Crippen molar-refractivity contribution in [3.8, 4) is 0 Å². The Morgan fingerprint density at radius 1 is 1.50 bits per heavy atom. The zero-order chi connectivity index (χ0) is 8.55. The van der Waals surface area contributed by atoms with Crippen molar-refractivity contribution >= 4 is 11.4 Å². The van der Waals surface area contributed by atoms with E-state index in [4.69, 9.17) is 5.73 Å². The molecule has 2 rings (SSSR count). The zero-order valence-corrected chi connectivity index (χ0v) is 6.27. The lowest BCUT2D eigenvalue weighted by atomic mass is 10.2. The second-order valence-corrected chi connectivity index (χ2v) is 2.48. The number of nitrogens with zero attached hydrogens (tertiary/aromatic N) is 2. The monoisotopic (exact) mass is 161 g/mol. The first kappa shape index (κ1) is 6.84. The molecule has 0 radical (unpaired) electrons. The molecule has 4 nitrogen and oxygen atoms in total. The van der Waals surface area contributed by atoms with E-state index < -0.39 is 5.91 Å². The smallest absolute Gasteiger partial charge is 0.248 e. The number of hydrogen-bond donors (Lipinski definition) is 1. The number of hydrogen-bond acceptors (Lipinski definition) is 2. The molecule has 0 saturated carbocycles. The van der Waals surface area contributed by atoms with Crippen LogP contribution < -0.4 is 5.73 Å². The van der Waals surface area contributed by atoms with Gasteiger partial charge in [0.05, 0.1) is 5.52 Å². The third-order valence-corrected chi connectivity index (χ3v) is 1.68. The van der Waals surface area contributed by atoms with Gasteiger partial charge in [-0.3, -0.25) is 4.79 Å². The number of carbonyl (C=O) groups is 1. The quantitative estimate of drug-likeness (QED) is 0.659. The Morgan fingerprint density at radius 3 is 3.08 bits per heavy atom. The molecule has 0 aliphatic carbocycles. The highest BCUT2D eigenvalue weighted by Crippen LogP contribution is 2.04. The second kappa shape index (κ2) is 2.34. The summed E-state index contributed by atoms with van der Waals surface area (Å²) in [5.41, 5.74) is 6.47. The molecular weight excluding hydrogens is 154 g/mol. The Kier molecular flexibility index (Phi) is 1.33. The normalized spacial score (nSPS) is 10.3. The van der Waals surface area contributed by atoms with E-state index >= 15 is 0 Å². The van der Waals surface area contributed by atoms with Crippen molar-refractivity contribution in [1.29, 1.82) is 0 Å². The standard InChI is InChI=1S/C8H7N3O/c9-8(12)6-2-4-11-7(5-6)1-3-10-11/h1-5H,(H2,9,12). The Balaban J connectivity index is 2.68. The molecule has 0 aromatic carbocycles. The fraction of sp³-hybridized carbons (Fsp3) is 0. The molecule has 0 fully saturated rings. The SMILES string of the molecule is NC(=O)c1ccn2nccc2c1. The van der Waals surface area contributed by atoms with Crippen molar-refractivity contribution in [2.45, 2.75) is 0 Å². The van der Waals surface area contributed by atoms with Crippen molar-refractivity contribution in [2.75, 3.05) is 0 Å². The molecule has 0 bridgehead atoms. The van der Waals surface area contributed by atoms with E-state index in [9.17, 15) is 4.79 Å². The van der Waals surface area contributed by atoms with E-state index in [1.165, 1.54) is 0 Å². The minimum Gasteiger partial charge on any atom is -0.366 e. The van der Waals surface area contributed by atoms with E-state index in [2.05, 4.69) is 5.10 Å². The van der Waals surface area contributed by atoms with Gasteiger partial charge in [0.15, 0.2) is 0 Å². The summed E-state index contributed by atoms with van der Waals surface area (Å²) in [6.07, 6.45) is 3.37. The molecule has 4 heteroatoms. The molecule has 2 aromatic rings. The lowest BCUT2D eigenvalue weighted by molar-refractivity contribution is 0.100. The van der Waals surface area contributed by atoms with Crippen molar-refractivity contribution in [3.63, 3.8) is 0 Å². The molecule has 0 saturated heterocycles. The highest BCUT2D eigenvalue weighted by molar-refractivity contribution is 5.93. The van der Waals surface area contributed by atoms with Crippen LogP contribution in [0.1, 0.15) is 10.4 Å². The summed E-state index contributed by atoms with van der Waals surface area (Å²) < 4.78 is 1.67. The van der Waals surface area contributed by atoms with Crippen LogP contribution in [0.15, 0.2) is 30.6 Å². The number of amides is 1. The topological polar surface area (TPSA) is 60.4 Å². The van der Waals surface area contributed by atoms with Gasteiger partial charge in [-0.15, -0.1) is 0 Å². The van der Waals surface area contributed by atoms with E-state index in [0.29, 0.717) is 5.56 Å². The number of pyridine rings is 1. The number of primary amides is 1. The first-order valence-electron chi connectivity index (χ1n) is 3.50. The predicted octanol–water partition coefficient (Wildman–Crippen LogP) is 0.433. The average Bonchev–Trinajstić information content (AvgIpc) is 2.49. The molecule has 60 valence electrons. The van der Waals surface area contributed by atoms with Gasteiger partial charge in [-0.1, -0.05) is 0 Å². The first-order chi connectivity index (χ1) is 5.77. The van der Waals surface area contributed by atoms with Crippen LogP contribution in [-0.4, -0.2) is 15.5 Å². The summed E-state index contributed by atoms with van der Waals surface area (Å²) in [5, 5.41) is 3.98. The molecule has 1 amide bonds. The summed E-state index contributed by atoms with van der Waals surface area (Å²) in [4.78, 5) is 10.8. The predicted molar refractivity (Wildman–Crippen MR) is 43.7 cm³/mol. The molecule has 0 aliphatic rings. The highest BCUT2D eigenvalue weighted by Gasteiger charge is 2.00. The van der Waals surface area contributed by atoms with Crippen molar-refractivity contribution < 1.29 is 4.79 Å². The molecule has 0 atom stereocenters. The summed E-state index contributed by atoms with van der Waals surface area (Å²) in [7, 11) is 0. The van der Waals surface area contributed by atoms with Gasteiger partial charge >= 0.3 is 0 Å². The van der Waals surface area contributed by atoms with Gasteiger partial charge in [0.2, 0.25) is 5.91 Å². The summed E-state index contributed by atoms with van der Waals surface area (Å²) in [5.74, 6) is -0.418. The van der Waals surface area contributed by atoms with Crippen LogP contribution >= 0.6 is 0 Å². The van der Waals surface area contributed by atoms with Crippen LogP contribution in [0.4, 0.5) is 0 Å². The first-order valence-corrected chi connectivity index (χ1v) is 3.50. The molecule has 2 aromatic heterocycles. The van der Waals surface area contributed by atoms with Gasteiger partial charge < -0.3 is 5.73 Å². The minimum atomic E-state index is -0.418. The van der Waals surface area contributed by atoms with Crippen LogP contribution in [0, 0.1) is 0 Å². The van der Waals surface area contributed by atoms with Crippen molar-refractivity contribution in [2.24, 2.45) is 5.73 Å². The van der Waals surface area contributed by atoms with Crippen LogP contribution in [0.5, 0.6) is 0 Å². The number of carbonyl (C=O) groups excluding carboxylic acids is 1. The lowest BCUT2D eigenvalue weighted by Gasteiger charge is -1.95. The fourth-order valence-electron chi connectivity index (χ4n) is 1.07. The van der Waals surface area contributed by atoms with E-state index in [1.54, 1.807) is 29.0 Å². The second-order valence-electron chi connectivity index (χ2n) is 2.48. The molecule has 12 heavy (non-hydrogen) atoms. The van der Waals surface area contributed by atoms with Gasteiger partial charge in [-0.25, -0.2) is 4.52 Å². The molecule has 2 heterocycles. The summed E-state index contributed by atoms with van der Waals surface area (Å²) in [6.45, 7) is 0. The number of rotatable bonds is 1. The van der Waals surface area contributed by atoms with E-state index in [-0.39, 0.29) is 0 Å². The van der Waals surface area contributed by atoms with E-state index in [0.717, 1.165) is 5.52 Å². The summed E-state index contributed by atoms with van der Waals surface area (Å²) in [6, 6.07) is 5.16. The third kappa shape index (κ3) is 0.934.